The lowest BCUT2D eigenvalue weighted by molar-refractivity contribution is 0.0448. The minimum Gasteiger partial charge on any atom is -0.462 e. The maximum Gasteiger partial charge on any atom is 0.340 e. The first-order valence-corrected chi connectivity index (χ1v) is 23.7. The summed E-state index contributed by atoms with van der Waals surface area (Å²) in [6.07, 6.45) is 38.6. The number of benzene rings is 1. The first-order chi connectivity index (χ1) is 24.4. The summed E-state index contributed by atoms with van der Waals surface area (Å²) in [5.41, 5.74) is 0.379. The van der Waals surface area contributed by atoms with E-state index in [0.717, 1.165) is 38.5 Å². The van der Waals surface area contributed by atoms with E-state index in [1.165, 1.54) is 154 Å². The van der Waals surface area contributed by atoms with E-state index in [9.17, 15) is 9.59 Å². The zero-order valence-corrected chi connectivity index (χ0v) is 38.1. The normalized spacial score (nSPS) is 11.3. The summed E-state index contributed by atoms with van der Waals surface area (Å²) in [5.74, 6) is -1.04. The van der Waals surface area contributed by atoms with Gasteiger partial charge < -0.3 is 9.47 Å². The second-order valence-corrected chi connectivity index (χ2v) is 17.3. The summed E-state index contributed by atoms with van der Waals surface area (Å²) >= 11 is 14.1. The van der Waals surface area contributed by atoms with E-state index in [-0.39, 0.29) is 11.1 Å². The number of hydrogen-bond donors (Lipinski definition) is 0. The van der Waals surface area contributed by atoms with E-state index in [1.807, 2.05) is 0 Å². The number of unbranched alkanes of at least 4 members (excludes halogenated alkanes) is 28. The van der Waals surface area contributed by atoms with Crippen molar-refractivity contribution in [1.29, 1.82) is 0 Å². The highest BCUT2D eigenvalue weighted by Gasteiger charge is 2.30. The van der Waals surface area contributed by atoms with Crippen molar-refractivity contribution in [1.82, 2.24) is 0 Å². The van der Waals surface area contributed by atoms with Crippen molar-refractivity contribution in [3.05, 3.63) is 29.0 Å². The molecule has 0 saturated heterocycles. The Balaban J connectivity index is 2.27. The molecular formula is C42H70Br4O4. The monoisotopic (exact) mass is 954 g/mol. The van der Waals surface area contributed by atoms with E-state index >= 15 is 0 Å². The molecule has 0 aromatic heterocycles. The van der Waals surface area contributed by atoms with Crippen LogP contribution in [0.2, 0.25) is 0 Å². The molecular weight excluding hydrogens is 888 g/mol. The number of esters is 2. The smallest absolute Gasteiger partial charge is 0.340 e. The number of halogens is 4. The Morgan fingerprint density at radius 1 is 0.340 bits per heavy atom. The molecule has 0 unspecified atom stereocenters. The predicted octanol–water partition coefficient (Wildman–Crippen LogP) is 16.8. The zero-order chi connectivity index (χ0) is 36.7. The Morgan fingerprint density at radius 2 is 0.540 bits per heavy atom. The predicted molar refractivity (Wildman–Crippen MR) is 228 cm³/mol. The number of carbonyl (C=O) groups excluding carboxylic acids is 2. The number of hydrogen-bond acceptors (Lipinski definition) is 4. The van der Waals surface area contributed by atoms with Gasteiger partial charge >= 0.3 is 11.9 Å². The van der Waals surface area contributed by atoms with Crippen molar-refractivity contribution in [2.45, 2.75) is 206 Å². The van der Waals surface area contributed by atoms with Gasteiger partial charge in [-0.1, -0.05) is 194 Å². The van der Waals surface area contributed by atoms with Gasteiger partial charge in [0, 0.05) is 17.9 Å². The largest absolute Gasteiger partial charge is 0.462 e. The zero-order valence-electron chi connectivity index (χ0n) is 31.8. The fourth-order valence-electron chi connectivity index (χ4n) is 6.44. The standard InChI is InChI=1S/C42H70Br4O4/c1-3-5-7-9-11-13-15-17-19-21-23-25-27-29-31-33-49-41(47)35-36(38(44)40(46)39(45)37(35)43)42(48)50-34-32-30-28-26-24-22-20-18-16-14-12-10-8-6-4-2/h3-34H2,1-2H3. The van der Waals surface area contributed by atoms with Gasteiger partial charge in [-0.05, 0) is 76.6 Å². The van der Waals surface area contributed by atoms with Crippen molar-refractivity contribution >= 4 is 75.7 Å². The molecule has 1 aromatic rings. The molecule has 290 valence electrons. The topological polar surface area (TPSA) is 52.6 Å². The highest BCUT2D eigenvalue weighted by Crippen LogP contribution is 2.42. The van der Waals surface area contributed by atoms with Crippen LogP contribution >= 0.6 is 63.7 Å². The van der Waals surface area contributed by atoms with Crippen LogP contribution in [0.5, 0.6) is 0 Å². The van der Waals surface area contributed by atoms with Crippen LogP contribution in [0.25, 0.3) is 0 Å². The molecule has 0 saturated carbocycles. The second kappa shape index (κ2) is 33.6. The van der Waals surface area contributed by atoms with Crippen LogP contribution in [0.3, 0.4) is 0 Å². The van der Waals surface area contributed by atoms with E-state index in [1.54, 1.807) is 0 Å². The average Bonchev–Trinajstić information content (AvgIpc) is 3.11. The van der Waals surface area contributed by atoms with Crippen LogP contribution in [0.15, 0.2) is 17.9 Å². The second-order valence-electron chi connectivity index (χ2n) is 14.2. The molecule has 4 nitrogen and oxygen atoms in total. The molecule has 0 N–H and O–H groups in total. The minimum atomic E-state index is -0.518. The molecule has 0 atom stereocenters. The van der Waals surface area contributed by atoms with Crippen LogP contribution in [-0.2, 0) is 9.47 Å². The van der Waals surface area contributed by atoms with Gasteiger partial charge in [-0.15, -0.1) is 0 Å². The van der Waals surface area contributed by atoms with Gasteiger partial charge in [0.05, 0.1) is 24.3 Å². The molecule has 0 aliphatic carbocycles. The molecule has 0 bridgehead atoms. The summed E-state index contributed by atoms with van der Waals surface area (Å²) in [5, 5.41) is 0. The highest BCUT2D eigenvalue weighted by atomic mass is 79.9. The van der Waals surface area contributed by atoms with Crippen LogP contribution in [0.4, 0.5) is 0 Å². The SMILES string of the molecule is CCCCCCCCCCCCCCCCCOC(=O)c1c(Br)c(Br)c(Br)c(Br)c1C(=O)OCCCCCCCCCCCCCCCCC. The van der Waals surface area contributed by atoms with Crippen molar-refractivity contribution in [3.63, 3.8) is 0 Å². The van der Waals surface area contributed by atoms with E-state index in [0.29, 0.717) is 31.1 Å². The fourth-order valence-corrected chi connectivity index (χ4v) is 8.88. The molecule has 0 fully saturated rings. The quantitative estimate of drug-likeness (QED) is 0.0299. The average molecular weight is 959 g/mol. The maximum absolute atomic E-state index is 13.3. The summed E-state index contributed by atoms with van der Waals surface area (Å²) in [6, 6.07) is 0. The van der Waals surface area contributed by atoms with Gasteiger partial charge in [0.1, 0.15) is 0 Å². The van der Waals surface area contributed by atoms with Gasteiger partial charge in [-0.25, -0.2) is 9.59 Å². The van der Waals surface area contributed by atoms with Crippen LogP contribution < -0.4 is 0 Å². The molecule has 8 heteroatoms. The van der Waals surface area contributed by atoms with Crippen molar-refractivity contribution < 1.29 is 19.1 Å². The van der Waals surface area contributed by atoms with Gasteiger partial charge in [0.15, 0.2) is 0 Å². The molecule has 1 aromatic carbocycles. The Kier molecular flexibility index (Phi) is 32.4. The Hall–Kier alpha value is 0.0800. The highest BCUT2D eigenvalue weighted by molar-refractivity contribution is 9.15. The van der Waals surface area contributed by atoms with Crippen LogP contribution in [0, 0.1) is 0 Å². The number of carbonyl (C=O) groups is 2. The van der Waals surface area contributed by atoms with Gasteiger partial charge in [0.2, 0.25) is 0 Å². The molecule has 1 rings (SSSR count). The van der Waals surface area contributed by atoms with Gasteiger partial charge in [-0.3, -0.25) is 0 Å². The maximum atomic E-state index is 13.3. The lowest BCUT2D eigenvalue weighted by atomic mass is 10.0. The first-order valence-electron chi connectivity index (χ1n) is 20.6. The number of rotatable bonds is 34. The van der Waals surface area contributed by atoms with Crippen molar-refractivity contribution in [2.75, 3.05) is 13.2 Å². The third kappa shape index (κ3) is 23.0. The van der Waals surface area contributed by atoms with Crippen LogP contribution in [0.1, 0.15) is 227 Å². The van der Waals surface area contributed by atoms with Crippen molar-refractivity contribution in [3.8, 4) is 0 Å². The molecule has 0 spiro atoms. The molecule has 0 aliphatic rings. The van der Waals surface area contributed by atoms with E-state index in [4.69, 9.17) is 9.47 Å². The summed E-state index contributed by atoms with van der Waals surface area (Å²) < 4.78 is 13.6. The number of ether oxygens (including phenoxy) is 2. The van der Waals surface area contributed by atoms with E-state index in [2.05, 4.69) is 77.6 Å². The van der Waals surface area contributed by atoms with Gasteiger partial charge in [0.25, 0.3) is 0 Å². The molecule has 0 heterocycles. The summed E-state index contributed by atoms with van der Waals surface area (Å²) in [7, 11) is 0. The van der Waals surface area contributed by atoms with Gasteiger partial charge in [-0.2, -0.15) is 0 Å². The third-order valence-corrected chi connectivity index (χ3v) is 14.4. The summed E-state index contributed by atoms with van der Waals surface area (Å²) in [4.78, 5) is 26.5. The molecule has 0 aliphatic heterocycles. The first kappa shape index (κ1) is 48.1. The van der Waals surface area contributed by atoms with E-state index < -0.39 is 11.9 Å². The van der Waals surface area contributed by atoms with Crippen molar-refractivity contribution in [2.24, 2.45) is 0 Å². The fraction of sp³-hybridized carbons (Fsp3) is 0.810. The minimum absolute atomic E-state index is 0.189. The third-order valence-electron chi connectivity index (χ3n) is 9.64. The Labute approximate surface area is 341 Å². The Morgan fingerprint density at radius 3 is 0.760 bits per heavy atom. The summed E-state index contributed by atoms with van der Waals surface area (Å²) in [6.45, 7) is 5.22. The molecule has 0 amide bonds. The molecule has 0 radical (unpaired) electrons. The van der Waals surface area contributed by atoms with Crippen LogP contribution in [-0.4, -0.2) is 25.2 Å². The lowest BCUT2D eigenvalue weighted by Crippen LogP contribution is -2.17. The Bertz CT molecular complexity index is 937. The lowest BCUT2D eigenvalue weighted by Gasteiger charge is -2.16. The molecule has 50 heavy (non-hydrogen) atoms.